The Kier molecular flexibility index (Phi) is 6.74. The summed E-state index contributed by atoms with van der Waals surface area (Å²) < 4.78 is 0. The molecule has 2 N–H and O–H groups in total. The molecule has 6 nitrogen and oxygen atoms in total. The molecule has 0 aliphatic carbocycles. The molecule has 2 atom stereocenters. The molecule has 2 heterocycles. The quantitative estimate of drug-likeness (QED) is 0.302. The molecule has 4 aromatic carbocycles. The van der Waals surface area contributed by atoms with Crippen LogP contribution in [0.2, 0.25) is 0 Å². The van der Waals surface area contributed by atoms with Crippen molar-refractivity contribution in [2.75, 3.05) is 13.1 Å². The fraction of sp³-hybridized carbons (Fsp3) is 0.235. The van der Waals surface area contributed by atoms with Crippen LogP contribution in [0.5, 0.6) is 0 Å². The molecule has 2 amide bonds. The van der Waals surface area contributed by atoms with Gasteiger partial charge in [0.2, 0.25) is 0 Å². The maximum atomic E-state index is 13.4. The van der Waals surface area contributed by atoms with Crippen LogP contribution in [0.25, 0.3) is 0 Å². The van der Waals surface area contributed by atoms with Crippen molar-refractivity contribution < 1.29 is 19.8 Å². The van der Waals surface area contributed by atoms with Crippen LogP contribution in [-0.4, -0.2) is 44.9 Å². The number of unbranched alkanes of at least 4 members (excludes halogenated alkanes) is 1. The van der Waals surface area contributed by atoms with Crippen LogP contribution in [-0.2, 0) is 24.3 Å². The van der Waals surface area contributed by atoms with Gasteiger partial charge in [0.05, 0.1) is 0 Å². The van der Waals surface area contributed by atoms with E-state index in [1.54, 1.807) is 21.9 Å². The van der Waals surface area contributed by atoms with E-state index in [2.05, 4.69) is 0 Å². The zero-order chi connectivity index (χ0) is 27.7. The van der Waals surface area contributed by atoms with Crippen molar-refractivity contribution in [2.24, 2.45) is 0 Å². The molecule has 4 aromatic rings. The van der Waals surface area contributed by atoms with Crippen molar-refractivity contribution in [2.45, 2.75) is 37.1 Å². The van der Waals surface area contributed by atoms with Gasteiger partial charge < -0.3 is 20.0 Å². The minimum atomic E-state index is -1.46. The largest absolute Gasteiger partial charge is 0.366 e. The standard InChI is InChI=1S/C34H32N2O4/c37-31-27-17-7-9-19-29(27)33(39,23-25-13-3-1-4-14-25)35(31)21-11-12-22-36-32(38)28-18-8-10-20-30(28)34(36,40)24-26-15-5-2-6-16-26/h1-10,13-20,39-40H,11-12,21-24H2/t33-,34-/m1/s1. The topological polar surface area (TPSA) is 81.1 Å². The first-order valence-electron chi connectivity index (χ1n) is 13.8. The van der Waals surface area contributed by atoms with E-state index in [0.717, 1.165) is 11.1 Å². The summed E-state index contributed by atoms with van der Waals surface area (Å²) in [6.07, 6.45) is 1.68. The zero-order valence-electron chi connectivity index (χ0n) is 22.2. The summed E-state index contributed by atoms with van der Waals surface area (Å²) >= 11 is 0. The second-order valence-electron chi connectivity index (χ2n) is 10.7. The number of aliphatic hydroxyl groups is 2. The molecule has 2 aliphatic rings. The molecular weight excluding hydrogens is 500 g/mol. The van der Waals surface area contributed by atoms with Gasteiger partial charge in [-0.25, -0.2) is 0 Å². The van der Waals surface area contributed by atoms with E-state index >= 15 is 0 Å². The van der Waals surface area contributed by atoms with Crippen LogP contribution >= 0.6 is 0 Å². The minimum absolute atomic E-state index is 0.195. The molecule has 0 bridgehead atoms. The Labute approximate surface area is 234 Å². The fourth-order valence-corrected chi connectivity index (χ4v) is 6.21. The molecule has 6 rings (SSSR count). The summed E-state index contributed by atoms with van der Waals surface area (Å²) in [6.45, 7) is 0.645. The fourth-order valence-electron chi connectivity index (χ4n) is 6.21. The number of carbonyl (C=O) groups excluding carboxylic acids is 2. The van der Waals surface area contributed by atoms with E-state index < -0.39 is 11.4 Å². The summed E-state index contributed by atoms with van der Waals surface area (Å²) in [5, 5.41) is 23.9. The number of benzene rings is 4. The second kappa shape index (κ2) is 10.4. The predicted octanol–water partition coefficient (Wildman–Crippen LogP) is 4.85. The highest BCUT2D eigenvalue weighted by molar-refractivity contribution is 6.00. The van der Waals surface area contributed by atoms with Gasteiger partial charge in [0.15, 0.2) is 11.4 Å². The van der Waals surface area contributed by atoms with Crippen LogP contribution < -0.4 is 0 Å². The van der Waals surface area contributed by atoms with Crippen LogP contribution in [0.1, 0.15) is 55.8 Å². The second-order valence-corrected chi connectivity index (χ2v) is 10.7. The van der Waals surface area contributed by atoms with Crippen LogP contribution in [0.3, 0.4) is 0 Å². The third-order valence-electron chi connectivity index (χ3n) is 8.16. The Hall–Kier alpha value is -4.26. The summed E-state index contributed by atoms with van der Waals surface area (Å²) in [5.74, 6) is -0.390. The van der Waals surface area contributed by atoms with E-state index in [1.807, 2.05) is 97.1 Å². The van der Waals surface area contributed by atoms with Gasteiger partial charge in [-0.15, -0.1) is 0 Å². The molecule has 0 saturated heterocycles. The van der Waals surface area contributed by atoms with Crippen LogP contribution in [0.4, 0.5) is 0 Å². The summed E-state index contributed by atoms with van der Waals surface area (Å²) in [4.78, 5) is 30.0. The number of rotatable bonds is 9. The Bertz CT molecular complexity index is 1420. The molecule has 0 radical (unpaired) electrons. The third kappa shape index (κ3) is 4.39. The first-order valence-corrected chi connectivity index (χ1v) is 13.8. The lowest BCUT2D eigenvalue weighted by Gasteiger charge is -2.36. The Balaban J connectivity index is 1.20. The van der Waals surface area contributed by atoms with Crippen molar-refractivity contribution in [1.29, 1.82) is 0 Å². The van der Waals surface area contributed by atoms with Crippen LogP contribution in [0.15, 0.2) is 109 Å². The van der Waals surface area contributed by atoms with Gasteiger partial charge >= 0.3 is 0 Å². The van der Waals surface area contributed by atoms with E-state index in [1.165, 1.54) is 0 Å². The average Bonchev–Trinajstić information content (AvgIpc) is 3.32. The average molecular weight is 533 g/mol. The normalized spacial score (nSPS) is 21.6. The van der Waals surface area contributed by atoms with E-state index in [-0.39, 0.29) is 24.7 Å². The molecule has 0 unspecified atom stereocenters. The van der Waals surface area contributed by atoms with E-state index in [0.29, 0.717) is 48.2 Å². The van der Waals surface area contributed by atoms with Gasteiger partial charge in [-0.2, -0.15) is 0 Å². The van der Waals surface area contributed by atoms with Crippen molar-refractivity contribution in [3.8, 4) is 0 Å². The number of fused-ring (bicyclic) bond motifs is 2. The van der Waals surface area contributed by atoms with E-state index in [9.17, 15) is 19.8 Å². The number of amides is 2. The number of carbonyl (C=O) groups is 2. The number of hydrogen-bond donors (Lipinski definition) is 2. The molecule has 0 aromatic heterocycles. The van der Waals surface area contributed by atoms with Gasteiger partial charge in [-0.1, -0.05) is 97.1 Å². The summed E-state index contributed by atoms with van der Waals surface area (Å²) in [6, 6.07) is 33.8. The number of nitrogens with zero attached hydrogens (tertiary/aromatic N) is 2. The SMILES string of the molecule is O=C1c2ccccc2[C@](O)(Cc2ccccc2)N1CCCCN1C(=O)c2ccccc2[C@]1(O)Cc1ccccc1. The van der Waals surface area contributed by atoms with Crippen molar-refractivity contribution in [3.63, 3.8) is 0 Å². The van der Waals surface area contributed by atoms with Crippen molar-refractivity contribution in [3.05, 3.63) is 143 Å². The predicted molar refractivity (Wildman–Crippen MR) is 152 cm³/mol. The third-order valence-corrected chi connectivity index (χ3v) is 8.16. The van der Waals surface area contributed by atoms with Crippen molar-refractivity contribution >= 4 is 11.8 Å². The molecule has 202 valence electrons. The minimum Gasteiger partial charge on any atom is -0.366 e. The Morgan fingerprint density at radius 2 is 0.850 bits per heavy atom. The maximum Gasteiger partial charge on any atom is 0.256 e. The molecule has 40 heavy (non-hydrogen) atoms. The number of hydrogen-bond acceptors (Lipinski definition) is 4. The summed E-state index contributed by atoms with van der Waals surface area (Å²) in [7, 11) is 0. The molecular formula is C34H32N2O4. The lowest BCUT2D eigenvalue weighted by Crippen LogP contribution is -2.47. The van der Waals surface area contributed by atoms with Gasteiger partial charge in [-0.05, 0) is 36.1 Å². The Morgan fingerprint density at radius 1 is 0.500 bits per heavy atom. The monoisotopic (exact) mass is 532 g/mol. The zero-order valence-corrected chi connectivity index (χ0v) is 22.2. The highest BCUT2D eigenvalue weighted by Crippen LogP contribution is 2.41. The lowest BCUT2D eigenvalue weighted by molar-refractivity contribution is -0.0903. The summed E-state index contributed by atoms with van der Waals surface area (Å²) in [5.41, 5.74) is 1.23. The highest BCUT2D eigenvalue weighted by atomic mass is 16.3. The molecule has 0 saturated carbocycles. The van der Waals surface area contributed by atoms with Gasteiger partial charge in [0.1, 0.15) is 0 Å². The van der Waals surface area contributed by atoms with Gasteiger partial charge in [-0.3, -0.25) is 9.59 Å². The van der Waals surface area contributed by atoms with Gasteiger partial charge in [0, 0.05) is 48.2 Å². The Morgan fingerprint density at radius 3 is 1.25 bits per heavy atom. The van der Waals surface area contributed by atoms with Crippen molar-refractivity contribution in [1.82, 2.24) is 9.80 Å². The maximum absolute atomic E-state index is 13.4. The first-order chi connectivity index (χ1) is 19.4. The molecule has 6 heteroatoms. The van der Waals surface area contributed by atoms with Crippen LogP contribution in [0, 0.1) is 0 Å². The van der Waals surface area contributed by atoms with Gasteiger partial charge in [0.25, 0.3) is 11.8 Å². The smallest absolute Gasteiger partial charge is 0.256 e. The molecule has 0 fully saturated rings. The highest BCUT2D eigenvalue weighted by Gasteiger charge is 2.49. The van der Waals surface area contributed by atoms with E-state index in [4.69, 9.17) is 0 Å². The molecule has 0 spiro atoms. The first kappa shape index (κ1) is 26.0. The molecule has 2 aliphatic heterocycles. The lowest BCUT2D eigenvalue weighted by atomic mass is 9.94.